The van der Waals surface area contributed by atoms with Crippen molar-refractivity contribution in [2.45, 2.75) is 32.1 Å². The summed E-state index contributed by atoms with van der Waals surface area (Å²) in [6.07, 6.45) is 2.50. The molecule has 10 aromatic carbocycles. The van der Waals surface area contributed by atoms with E-state index in [1.54, 1.807) is 71.1 Å². The van der Waals surface area contributed by atoms with Crippen molar-refractivity contribution in [2.75, 3.05) is 87.1 Å². The summed E-state index contributed by atoms with van der Waals surface area (Å²) in [6, 6.07) is 42.1. The van der Waals surface area contributed by atoms with Gasteiger partial charge in [0.25, 0.3) is 0 Å². The molecule has 1 aliphatic carbocycles. The van der Waals surface area contributed by atoms with E-state index < -0.39 is 0 Å². The SMILES string of the molecule is COc1ccc2c3c(OC)ccc2c1Cc1c(OC)ccc2c(c(OC)ccc12)Cc1c(OC)ccc2c(c(OC)ccc12)Cc1c(OC)ccc2c(c(OC)ccc12)Cc1c(OC)ccc2c(c(OC)ccc12)C3.ClCCl.ClCCl.ClCCl. The Morgan fingerprint density at radius 3 is 0.345 bits per heavy atom. The molecular weight excluding hydrogens is 1190 g/mol. The minimum atomic E-state index is 0.194. The molecule has 10 nitrogen and oxygen atoms in total. The first-order valence-electron chi connectivity index (χ1n) is 26.6. The third-order valence-electron chi connectivity index (χ3n) is 15.7. The van der Waals surface area contributed by atoms with Crippen LogP contribution in [0.5, 0.6) is 57.5 Å². The fraction of sp³-hybridized carbons (Fsp3) is 0.265. The van der Waals surface area contributed by atoms with E-state index >= 15 is 0 Å². The van der Waals surface area contributed by atoms with Crippen LogP contribution < -0.4 is 47.4 Å². The summed E-state index contributed by atoms with van der Waals surface area (Å²) in [6.45, 7) is 0. The summed E-state index contributed by atoms with van der Waals surface area (Å²) in [5.74, 6) is 7.67. The first kappa shape index (κ1) is 63.3. The molecular formula is C68H66Cl6O10. The highest BCUT2D eigenvalue weighted by Gasteiger charge is 2.26. The molecule has 1 aliphatic rings. The molecule has 0 aliphatic heterocycles. The zero-order chi connectivity index (χ0) is 60.2. The molecule has 20 bridgehead atoms. The van der Waals surface area contributed by atoms with E-state index in [2.05, 4.69) is 121 Å². The van der Waals surface area contributed by atoms with Crippen molar-refractivity contribution in [1.82, 2.24) is 0 Å². The van der Waals surface area contributed by atoms with Gasteiger partial charge in [-0.05, 0) is 115 Å². The summed E-state index contributed by atoms with van der Waals surface area (Å²) >= 11 is 28.6. The van der Waals surface area contributed by atoms with Crippen LogP contribution in [0.15, 0.2) is 121 Å². The Bertz CT molecular complexity index is 3140. The third kappa shape index (κ3) is 12.4. The van der Waals surface area contributed by atoms with Gasteiger partial charge in [-0.25, -0.2) is 0 Å². The summed E-state index contributed by atoms with van der Waals surface area (Å²) in [5.41, 5.74) is 10.2. The molecule has 10 aromatic rings. The van der Waals surface area contributed by atoms with Crippen LogP contribution in [-0.2, 0) is 32.1 Å². The Labute approximate surface area is 521 Å². The highest BCUT2D eigenvalue weighted by molar-refractivity contribution is 6.41. The predicted molar refractivity (Wildman–Crippen MR) is 349 cm³/mol. The van der Waals surface area contributed by atoms with Crippen molar-refractivity contribution in [3.8, 4) is 57.5 Å². The number of ether oxygens (including phenoxy) is 10. The molecule has 16 heteroatoms. The average Bonchev–Trinajstić information content (AvgIpc) is 1.48. The van der Waals surface area contributed by atoms with Gasteiger partial charge >= 0.3 is 0 Å². The zero-order valence-corrected chi connectivity index (χ0v) is 53.1. The molecule has 440 valence electrons. The summed E-state index contributed by atoms with van der Waals surface area (Å²) in [4.78, 5) is 0. The van der Waals surface area contributed by atoms with Crippen LogP contribution in [0.3, 0.4) is 0 Å². The van der Waals surface area contributed by atoms with Crippen LogP contribution in [-0.4, -0.2) is 87.1 Å². The lowest BCUT2D eigenvalue weighted by Crippen LogP contribution is -2.04. The van der Waals surface area contributed by atoms with Crippen molar-refractivity contribution >= 4 is 123 Å². The maximum absolute atomic E-state index is 6.23. The number of halogens is 6. The standard InChI is InChI=1S/C65H60O10.3CH2Cl2/c1-66-56-21-11-37-36-12-22-58(68-3)48(37)32-49-40-15-26-62(72-7)52(41(40)16-25-60(49)70-5)34-53-44-19-30-65(75-10)55(45(44)20-29-64(53)74-9)35-54-43-18-27-61(71-6)51(42(43)17-28-63(54)73-8)33-50-39-14-23-57(67-2)47(31-46(36)56)38(39)13-24-59(50)69-4;3*2-1-3/h11-30H,31-35H2,1-10H3;3*1H2. The number of benzene rings is 10. The molecule has 0 saturated carbocycles. The van der Waals surface area contributed by atoms with Gasteiger partial charge in [0, 0.05) is 87.7 Å². The van der Waals surface area contributed by atoms with Gasteiger partial charge in [-0.1, -0.05) is 60.7 Å². The molecule has 0 fully saturated rings. The number of methoxy groups -OCH3 is 10. The van der Waals surface area contributed by atoms with Crippen LogP contribution in [0.2, 0.25) is 0 Å². The van der Waals surface area contributed by atoms with Crippen molar-refractivity contribution in [2.24, 2.45) is 0 Å². The number of hydrogen-bond acceptors (Lipinski definition) is 10. The highest BCUT2D eigenvalue weighted by atomic mass is 35.5. The molecule has 0 saturated heterocycles. The van der Waals surface area contributed by atoms with Gasteiger partial charge in [0.2, 0.25) is 0 Å². The maximum atomic E-state index is 6.23. The van der Waals surface area contributed by atoms with E-state index in [9.17, 15) is 0 Å². The number of alkyl halides is 6. The van der Waals surface area contributed by atoms with E-state index in [0.717, 1.165) is 167 Å². The molecule has 0 unspecified atom stereocenters. The summed E-state index contributed by atoms with van der Waals surface area (Å²) in [7, 11) is 17.3. The molecule has 11 rings (SSSR count). The van der Waals surface area contributed by atoms with Crippen LogP contribution in [0, 0.1) is 0 Å². The second-order valence-electron chi connectivity index (χ2n) is 19.1. The Morgan fingerprint density at radius 2 is 0.274 bits per heavy atom. The molecule has 0 radical (unpaired) electrons. The van der Waals surface area contributed by atoms with Crippen LogP contribution in [0.1, 0.15) is 55.6 Å². The van der Waals surface area contributed by atoms with E-state index in [1.165, 1.54) is 0 Å². The van der Waals surface area contributed by atoms with Gasteiger partial charge in [0.05, 0.1) is 87.1 Å². The third-order valence-corrected chi connectivity index (χ3v) is 15.7. The minimum Gasteiger partial charge on any atom is -0.496 e. The fourth-order valence-electron chi connectivity index (χ4n) is 12.1. The van der Waals surface area contributed by atoms with Crippen molar-refractivity contribution < 1.29 is 47.4 Å². The quantitative estimate of drug-likeness (QED) is 0.123. The zero-order valence-electron chi connectivity index (χ0n) is 48.6. The van der Waals surface area contributed by atoms with E-state index in [-0.39, 0.29) is 16.0 Å². The van der Waals surface area contributed by atoms with E-state index in [4.69, 9.17) is 117 Å². The molecule has 0 amide bonds. The predicted octanol–water partition coefficient (Wildman–Crippen LogP) is 18.1. The smallest absolute Gasteiger partial charge is 0.123 e. The molecule has 0 N–H and O–H groups in total. The molecule has 84 heavy (non-hydrogen) atoms. The van der Waals surface area contributed by atoms with Gasteiger partial charge in [0.15, 0.2) is 0 Å². The molecule has 0 atom stereocenters. The van der Waals surface area contributed by atoms with Gasteiger partial charge in [-0.15, -0.1) is 69.6 Å². The lowest BCUT2D eigenvalue weighted by atomic mass is 9.87. The first-order valence-corrected chi connectivity index (χ1v) is 29.8. The summed E-state index contributed by atoms with van der Waals surface area (Å²) < 4.78 is 62.3. The van der Waals surface area contributed by atoms with Crippen LogP contribution in [0.25, 0.3) is 53.9 Å². The number of hydrogen-bond donors (Lipinski definition) is 0. The van der Waals surface area contributed by atoms with E-state index in [1.807, 2.05) is 0 Å². The first-order chi connectivity index (χ1) is 41.0. The summed E-state index contributed by atoms with van der Waals surface area (Å²) in [5, 5.41) is 11.0. The molecule has 0 spiro atoms. The van der Waals surface area contributed by atoms with Gasteiger partial charge in [-0.2, -0.15) is 0 Å². The Hall–Kier alpha value is -6.76. The van der Waals surface area contributed by atoms with Crippen molar-refractivity contribution in [3.63, 3.8) is 0 Å². The van der Waals surface area contributed by atoms with Crippen LogP contribution >= 0.6 is 69.6 Å². The van der Waals surface area contributed by atoms with Gasteiger partial charge in [-0.3, -0.25) is 0 Å². The Kier molecular flexibility index (Phi) is 22.1. The lowest BCUT2D eigenvalue weighted by molar-refractivity contribution is 0.405. The van der Waals surface area contributed by atoms with Gasteiger partial charge in [0.1, 0.15) is 57.5 Å². The highest BCUT2D eigenvalue weighted by Crippen LogP contribution is 2.47. The second kappa shape index (κ2) is 29.4. The minimum absolute atomic E-state index is 0.194. The van der Waals surface area contributed by atoms with Crippen LogP contribution in [0.4, 0.5) is 0 Å². The fourth-order valence-corrected chi connectivity index (χ4v) is 12.1. The maximum Gasteiger partial charge on any atom is 0.123 e. The van der Waals surface area contributed by atoms with E-state index in [0.29, 0.717) is 32.1 Å². The van der Waals surface area contributed by atoms with Gasteiger partial charge < -0.3 is 47.4 Å². The average molecular weight is 1260 g/mol. The Morgan fingerprint density at radius 1 is 0.190 bits per heavy atom. The topological polar surface area (TPSA) is 92.3 Å². The second-order valence-corrected chi connectivity index (χ2v) is 21.6. The van der Waals surface area contributed by atoms with Crippen molar-refractivity contribution in [3.05, 3.63) is 177 Å². The largest absolute Gasteiger partial charge is 0.496 e. The monoisotopic (exact) mass is 1250 g/mol. The normalized spacial score (nSPS) is 11.7. The number of rotatable bonds is 10. The Balaban J connectivity index is 0.000000962. The lowest BCUT2D eigenvalue weighted by Gasteiger charge is -2.22. The molecule has 0 heterocycles. The van der Waals surface area contributed by atoms with Crippen molar-refractivity contribution in [1.29, 1.82) is 0 Å². The molecule has 0 aromatic heterocycles.